The van der Waals surface area contributed by atoms with Crippen LogP contribution in [0.1, 0.15) is 64.2 Å². The molecule has 124 valence electrons. The van der Waals surface area contributed by atoms with Crippen molar-refractivity contribution in [1.29, 1.82) is 0 Å². The zero-order valence-corrected chi connectivity index (χ0v) is 13.7. The molecule has 4 heteroatoms. The number of amides is 1. The van der Waals surface area contributed by atoms with Crippen molar-refractivity contribution in [1.82, 2.24) is 5.32 Å². The number of hydrogen-bond donors (Lipinski definition) is 1. The SMILES string of the molecule is COC(=O)C1CCC(C(=O)NC2CCC3CCCC3C2)CC1. The fourth-order valence-corrected chi connectivity index (χ4v) is 4.91. The Hall–Kier alpha value is -1.06. The molecule has 0 heterocycles. The Labute approximate surface area is 133 Å². The number of fused-ring (bicyclic) bond motifs is 1. The number of rotatable bonds is 3. The second kappa shape index (κ2) is 7.01. The first-order chi connectivity index (χ1) is 10.7. The van der Waals surface area contributed by atoms with Crippen LogP contribution in [-0.2, 0) is 14.3 Å². The van der Waals surface area contributed by atoms with Gasteiger partial charge in [0.2, 0.25) is 5.91 Å². The Morgan fingerprint density at radius 1 is 0.864 bits per heavy atom. The first-order valence-electron chi connectivity index (χ1n) is 9.05. The molecule has 4 nitrogen and oxygen atoms in total. The van der Waals surface area contributed by atoms with Gasteiger partial charge in [-0.3, -0.25) is 9.59 Å². The average molecular weight is 307 g/mol. The lowest BCUT2D eigenvalue weighted by Gasteiger charge is -2.34. The van der Waals surface area contributed by atoms with Crippen LogP contribution in [0.3, 0.4) is 0 Å². The zero-order chi connectivity index (χ0) is 15.5. The maximum atomic E-state index is 12.5. The van der Waals surface area contributed by atoms with Crippen molar-refractivity contribution in [2.75, 3.05) is 7.11 Å². The molecule has 0 aromatic carbocycles. The third-order valence-corrected chi connectivity index (χ3v) is 6.27. The molecule has 3 saturated carbocycles. The molecule has 0 aliphatic heterocycles. The molecule has 3 aliphatic rings. The highest BCUT2D eigenvalue weighted by molar-refractivity contribution is 5.79. The molecule has 0 saturated heterocycles. The average Bonchev–Trinajstić information content (AvgIpc) is 3.02. The molecule has 0 radical (unpaired) electrons. The fourth-order valence-electron chi connectivity index (χ4n) is 4.91. The zero-order valence-electron chi connectivity index (χ0n) is 13.7. The molecule has 22 heavy (non-hydrogen) atoms. The van der Waals surface area contributed by atoms with Crippen LogP contribution < -0.4 is 5.32 Å². The summed E-state index contributed by atoms with van der Waals surface area (Å²) in [6.45, 7) is 0. The normalized spacial score (nSPS) is 38.1. The van der Waals surface area contributed by atoms with E-state index in [1.165, 1.54) is 39.2 Å². The maximum absolute atomic E-state index is 12.5. The van der Waals surface area contributed by atoms with E-state index in [0.717, 1.165) is 43.9 Å². The lowest BCUT2D eigenvalue weighted by molar-refractivity contribution is -0.147. The molecule has 0 bridgehead atoms. The van der Waals surface area contributed by atoms with Gasteiger partial charge in [-0.25, -0.2) is 0 Å². The number of esters is 1. The summed E-state index contributed by atoms with van der Waals surface area (Å²) in [7, 11) is 1.44. The van der Waals surface area contributed by atoms with E-state index in [4.69, 9.17) is 4.74 Å². The van der Waals surface area contributed by atoms with Crippen LogP contribution in [0.2, 0.25) is 0 Å². The first kappa shape index (κ1) is 15.8. The van der Waals surface area contributed by atoms with E-state index < -0.39 is 0 Å². The Kier molecular flexibility index (Phi) is 5.04. The molecule has 3 rings (SSSR count). The summed E-state index contributed by atoms with van der Waals surface area (Å²) in [4.78, 5) is 24.0. The van der Waals surface area contributed by atoms with Gasteiger partial charge in [-0.15, -0.1) is 0 Å². The minimum Gasteiger partial charge on any atom is -0.469 e. The van der Waals surface area contributed by atoms with E-state index in [9.17, 15) is 9.59 Å². The van der Waals surface area contributed by atoms with Gasteiger partial charge in [0.25, 0.3) is 0 Å². The molecule has 3 aliphatic carbocycles. The van der Waals surface area contributed by atoms with Crippen molar-refractivity contribution >= 4 is 11.9 Å². The molecule has 1 amide bonds. The molecular formula is C18H29NO3. The maximum Gasteiger partial charge on any atom is 0.308 e. The summed E-state index contributed by atoms with van der Waals surface area (Å²) in [6.07, 6.45) is 11.0. The van der Waals surface area contributed by atoms with Gasteiger partial charge < -0.3 is 10.1 Å². The van der Waals surface area contributed by atoms with E-state index in [1.807, 2.05) is 0 Å². The highest BCUT2D eigenvalue weighted by Gasteiger charge is 2.36. The minimum absolute atomic E-state index is 0.00276. The van der Waals surface area contributed by atoms with Crippen molar-refractivity contribution in [3.05, 3.63) is 0 Å². The van der Waals surface area contributed by atoms with E-state index in [-0.39, 0.29) is 23.7 Å². The summed E-state index contributed by atoms with van der Waals surface area (Å²) >= 11 is 0. The summed E-state index contributed by atoms with van der Waals surface area (Å²) in [5, 5.41) is 3.30. The molecular weight excluding hydrogens is 278 g/mol. The molecule has 0 spiro atoms. The Balaban J connectivity index is 1.44. The lowest BCUT2D eigenvalue weighted by atomic mass is 9.78. The Morgan fingerprint density at radius 3 is 2.27 bits per heavy atom. The smallest absolute Gasteiger partial charge is 0.308 e. The van der Waals surface area contributed by atoms with Crippen LogP contribution in [0.5, 0.6) is 0 Å². The Bertz CT molecular complexity index is 415. The van der Waals surface area contributed by atoms with E-state index in [0.29, 0.717) is 6.04 Å². The van der Waals surface area contributed by atoms with Crippen LogP contribution in [0.15, 0.2) is 0 Å². The van der Waals surface area contributed by atoms with Gasteiger partial charge in [-0.05, 0) is 56.8 Å². The molecule has 3 fully saturated rings. The summed E-state index contributed by atoms with van der Waals surface area (Å²) in [5.41, 5.74) is 0. The molecule has 3 unspecified atom stereocenters. The monoisotopic (exact) mass is 307 g/mol. The number of nitrogens with one attached hydrogen (secondary N) is 1. The lowest BCUT2D eigenvalue weighted by Crippen LogP contribution is -2.43. The van der Waals surface area contributed by atoms with Crippen LogP contribution in [0.25, 0.3) is 0 Å². The van der Waals surface area contributed by atoms with Crippen LogP contribution >= 0.6 is 0 Å². The summed E-state index contributed by atoms with van der Waals surface area (Å²) in [6, 6.07) is 0.394. The fraction of sp³-hybridized carbons (Fsp3) is 0.889. The molecule has 1 N–H and O–H groups in total. The van der Waals surface area contributed by atoms with E-state index in [1.54, 1.807) is 0 Å². The topological polar surface area (TPSA) is 55.4 Å². The minimum atomic E-state index is -0.113. The molecule has 0 aromatic rings. The Morgan fingerprint density at radius 2 is 1.55 bits per heavy atom. The van der Waals surface area contributed by atoms with Crippen LogP contribution in [-0.4, -0.2) is 25.0 Å². The van der Waals surface area contributed by atoms with Crippen LogP contribution in [0, 0.1) is 23.7 Å². The number of methoxy groups -OCH3 is 1. The second-order valence-electron chi connectivity index (χ2n) is 7.54. The highest BCUT2D eigenvalue weighted by atomic mass is 16.5. The number of carbonyl (C=O) groups excluding carboxylic acids is 2. The number of carbonyl (C=O) groups is 2. The van der Waals surface area contributed by atoms with Gasteiger partial charge in [-0.2, -0.15) is 0 Å². The van der Waals surface area contributed by atoms with Crippen LogP contribution in [0.4, 0.5) is 0 Å². The second-order valence-corrected chi connectivity index (χ2v) is 7.54. The van der Waals surface area contributed by atoms with Gasteiger partial charge >= 0.3 is 5.97 Å². The third kappa shape index (κ3) is 3.47. The van der Waals surface area contributed by atoms with E-state index >= 15 is 0 Å². The van der Waals surface area contributed by atoms with Crippen molar-refractivity contribution < 1.29 is 14.3 Å². The summed E-state index contributed by atoms with van der Waals surface area (Å²) < 4.78 is 4.81. The predicted octanol–water partition coefficient (Wildman–Crippen LogP) is 3.05. The molecule has 0 aromatic heterocycles. The quantitative estimate of drug-likeness (QED) is 0.815. The number of ether oxygens (including phenoxy) is 1. The largest absolute Gasteiger partial charge is 0.469 e. The standard InChI is InChI=1S/C18H29NO3/c1-22-18(21)14-7-5-13(6-8-14)17(20)19-16-10-9-12-3-2-4-15(12)11-16/h12-16H,2-11H2,1H3,(H,19,20). The van der Waals surface area contributed by atoms with Gasteiger partial charge in [0, 0.05) is 12.0 Å². The predicted molar refractivity (Wildman–Crippen MR) is 84.1 cm³/mol. The third-order valence-electron chi connectivity index (χ3n) is 6.27. The van der Waals surface area contributed by atoms with Gasteiger partial charge in [0.15, 0.2) is 0 Å². The van der Waals surface area contributed by atoms with Crippen molar-refractivity contribution in [2.24, 2.45) is 23.7 Å². The van der Waals surface area contributed by atoms with Crippen molar-refractivity contribution in [3.8, 4) is 0 Å². The summed E-state index contributed by atoms with van der Waals surface area (Å²) in [5.74, 6) is 2.01. The first-order valence-corrected chi connectivity index (χ1v) is 9.05. The molecule has 3 atom stereocenters. The van der Waals surface area contributed by atoms with Gasteiger partial charge in [0.05, 0.1) is 13.0 Å². The highest BCUT2D eigenvalue weighted by Crippen LogP contribution is 2.42. The number of hydrogen-bond acceptors (Lipinski definition) is 3. The van der Waals surface area contributed by atoms with Crippen molar-refractivity contribution in [2.45, 2.75) is 70.3 Å². The van der Waals surface area contributed by atoms with E-state index in [2.05, 4.69) is 5.32 Å². The van der Waals surface area contributed by atoms with Gasteiger partial charge in [0.1, 0.15) is 0 Å². The van der Waals surface area contributed by atoms with Crippen molar-refractivity contribution in [3.63, 3.8) is 0 Å². The van der Waals surface area contributed by atoms with Gasteiger partial charge in [-0.1, -0.05) is 19.3 Å².